The molecule has 1 saturated heterocycles. The number of Topliss-reactive ketones (excluding diaryl/α,β-unsaturated/α-hetero) is 1. The topological polar surface area (TPSA) is 23.6 Å². The van der Waals surface area contributed by atoms with Gasteiger partial charge in [0.05, 0.1) is 6.54 Å². The summed E-state index contributed by atoms with van der Waals surface area (Å²) >= 11 is 0. The molecule has 2 rings (SSSR count). The van der Waals surface area contributed by atoms with Crippen LogP contribution in [-0.4, -0.2) is 54.3 Å². The maximum Gasteiger partial charge on any atom is 0.149 e. The zero-order chi connectivity index (χ0) is 12.5. The van der Waals surface area contributed by atoms with Gasteiger partial charge in [-0.2, -0.15) is 0 Å². The van der Waals surface area contributed by atoms with Crippen LogP contribution in [0.15, 0.2) is 0 Å². The fourth-order valence-electron chi connectivity index (χ4n) is 3.07. The number of likely N-dealkylation sites (N-methyl/N-ethyl adjacent to an activating group) is 1. The molecule has 0 aromatic carbocycles. The minimum atomic E-state index is 0.203. The molecule has 0 N–H and O–H groups in total. The van der Waals surface area contributed by atoms with Gasteiger partial charge in [-0.3, -0.25) is 14.6 Å². The van der Waals surface area contributed by atoms with Gasteiger partial charge in [0.15, 0.2) is 0 Å². The second-order valence-electron chi connectivity index (χ2n) is 6.39. The van der Waals surface area contributed by atoms with E-state index in [0.29, 0.717) is 18.2 Å². The van der Waals surface area contributed by atoms with E-state index in [0.717, 1.165) is 32.5 Å². The third-order valence-electron chi connectivity index (χ3n) is 4.59. The minimum Gasteiger partial charge on any atom is -0.299 e. The number of carbonyl (C=O) groups is 1. The van der Waals surface area contributed by atoms with Crippen LogP contribution < -0.4 is 0 Å². The Hall–Kier alpha value is -0.410. The molecule has 17 heavy (non-hydrogen) atoms. The first kappa shape index (κ1) is 13.0. The number of ketones is 1. The van der Waals surface area contributed by atoms with Crippen molar-refractivity contribution in [2.75, 3.05) is 33.2 Å². The molecular weight excluding hydrogens is 212 g/mol. The van der Waals surface area contributed by atoms with Crippen LogP contribution in [0.2, 0.25) is 0 Å². The molecule has 98 valence electrons. The Bertz CT molecular complexity index is 282. The van der Waals surface area contributed by atoms with E-state index in [2.05, 4.69) is 30.7 Å². The summed E-state index contributed by atoms with van der Waals surface area (Å²) < 4.78 is 0. The lowest BCUT2D eigenvalue weighted by Gasteiger charge is -2.45. The van der Waals surface area contributed by atoms with E-state index in [4.69, 9.17) is 0 Å². The highest BCUT2D eigenvalue weighted by molar-refractivity contribution is 5.83. The number of nitrogens with zero attached hydrogens (tertiary/aromatic N) is 2. The number of piperazine rings is 1. The highest BCUT2D eigenvalue weighted by Gasteiger charge is 2.33. The first-order valence-corrected chi connectivity index (χ1v) is 6.95. The Morgan fingerprint density at radius 3 is 2.47 bits per heavy atom. The molecule has 0 aromatic heterocycles. The Morgan fingerprint density at radius 2 is 1.88 bits per heavy atom. The average molecular weight is 238 g/mol. The number of carbonyl (C=O) groups excluding carboxylic acids is 1. The van der Waals surface area contributed by atoms with Gasteiger partial charge in [-0.25, -0.2) is 0 Å². The Labute approximate surface area is 105 Å². The van der Waals surface area contributed by atoms with Crippen molar-refractivity contribution in [3.8, 4) is 0 Å². The molecule has 3 heteroatoms. The highest BCUT2D eigenvalue weighted by atomic mass is 16.1. The lowest BCUT2D eigenvalue weighted by atomic mass is 9.97. The van der Waals surface area contributed by atoms with Crippen molar-refractivity contribution in [1.29, 1.82) is 0 Å². The lowest BCUT2D eigenvalue weighted by molar-refractivity contribution is -0.124. The Kier molecular flexibility index (Phi) is 3.88. The van der Waals surface area contributed by atoms with E-state index in [9.17, 15) is 4.79 Å². The summed E-state index contributed by atoms with van der Waals surface area (Å²) in [5, 5.41) is 0. The highest BCUT2D eigenvalue weighted by Crippen LogP contribution is 2.26. The smallest absolute Gasteiger partial charge is 0.149 e. The summed E-state index contributed by atoms with van der Waals surface area (Å²) in [6.45, 7) is 8.34. The third kappa shape index (κ3) is 3.08. The van der Waals surface area contributed by atoms with Crippen LogP contribution in [0, 0.1) is 5.92 Å². The first-order chi connectivity index (χ1) is 7.99. The van der Waals surface area contributed by atoms with Gasteiger partial charge >= 0.3 is 0 Å². The lowest BCUT2D eigenvalue weighted by Crippen LogP contribution is -2.58. The van der Waals surface area contributed by atoms with Gasteiger partial charge < -0.3 is 0 Å². The molecule has 2 fully saturated rings. The van der Waals surface area contributed by atoms with Gasteiger partial charge in [0, 0.05) is 31.1 Å². The van der Waals surface area contributed by atoms with Crippen molar-refractivity contribution >= 4 is 5.78 Å². The largest absolute Gasteiger partial charge is 0.299 e. The van der Waals surface area contributed by atoms with E-state index >= 15 is 0 Å². The van der Waals surface area contributed by atoms with Crippen LogP contribution in [-0.2, 0) is 4.79 Å². The van der Waals surface area contributed by atoms with Crippen molar-refractivity contribution < 1.29 is 4.79 Å². The normalized spacial score (nSPS) is 27.5. The van der Waals surface area contributed by atoms with Gasteiger partial charge in [-0.05, 0) is 33.7 Å². The molecule has 3 nitrogen and oxygen atoms in total. The second-order valence-corrected chi connectivity index (χ2v) is 6.39. The molecule has 0 bridgehead atoms. The minimum absolute atomic E-state index is 0.203. The predicted octanol–water partition coefficient (Wildman–Crippen LogP) is 1.77. The van der Waals surface area contributed by atoms with E-state index in [1.165, 1.54) is 12.8 Å². The van der Waals surface area contributed by atoms with E-state index < -0.39 is 0 Å². The molecule has 1 aliphatic heterocycles. The summed E-state index contributed by atoms with van der Waals surface area (Å²) in [7, 11) is 2.18. The molecule has 1 saturated carbocycles. The molecule has 0 spiro atoms. The van der Waals surface area contributed by atoms with Crippen molar-refractivity contribution in [2.24, 2.45) is 5.92 Å². The Morgan fingerprint density at radius 1 is 1.24 bits per heavy atom. The zero-order valence-electron chi connectivity index (χ0n) is 11.5. The van der Waals surface area contributed by atoms with Crippen LogP contribution in [0.5, 0.6) is 0 Å². The monoisotopic (exact) mass is 238 g/mol. The van der Waals surface area contributed by atoms with Crippen LogP contribution in [0.3, 0.4) is 0 Å². The quantitative estimate of drug-likeness (QED) is 0.748. The molecule has 1 heterocycles. The fourth-order valence-corrected chi connectivity index (χ4v) is 3.07. The summed E-state index contributed by atoms with van der Waals surface area (Å²) in [6.07, 6.45) is 4.78. The van der Waals surface area contributed by atoms with Gasteiger partial charge in [0.25, 0.3) is 0 Å². The number of hydrogen-bond donors (Lipinski definition) is 0. The Balaban J connectivity index is 1.85. The fraction of sp³-hybridized carbons (Fsp3) is 0.929. The van der Waals surface area contributed by atoms with Gasteiger partial charge in [-0.1, -0.05) is 12.8 Å². The standard InChI is InChI=1S/C14H26N2O/c1-14(2)11-16(9-8-15(14)3)10-13(17)12-6-4-5-7-12/h12H,4-11H2,1-3H3. The summed E-state index contributed by atoms with van der Waals surface area (Å²) in [4.78, 5) is 16.9. The van der Waals surface area contributed by atoms with Gasteiger partial charge in [-0.15, -0.1) is 0 Å². The molecule has 0 unspecified atom stereocenters. The number of rotatable bonds is 3. The van der Waals surface area contributed by atoms with Gasteiger partial charge in [0.2, 0.25) is 0 Å². The molecule has 0 radical (unpaired) electrons. The SMILES string of the molecule is CN1CCN(CC(=O)C2CCCC2)CC1(C)C. The van der Waals surface area contributed by atoms with Crippen LogP contribution in [0.25, 0.3) is 0 Å². The molecular formula is C14H26N2O. The van der Waals surface area contributed by atoms with Crippen molar-refractivity contribution in [3.05, 3.63) is 0 Å². The summed E-state index contributed by atoms with van der Waals surface area (Å²) in [5.41, 5.74) is 0.203. The van der Waals surface area contributed by atoms with Crippen LogP contribution in [0.4, 0.5) is 0 Å². The van der Waals surface area contributed by atoms with Crippen LogP contribution >= 0.6 is 0 Å². The zero-order valence-corrected chi connectivity index (χ0v) is 11.5. The maximum absolute atomic E-state index is 12.2. The van der Waals surface area contributed by atoms with Crippen molar-refractivity contribution in [2.45, 2.75) is 45.1 Å². The summed E-state index contributed by atoms with van der Waals surface area (Å²) in [5.74, 6) is 0.862. The van der Waals surface area contributed by atoms with Crippen LogP contribution in [0.1, 0.15) is 39.5 Å². The molecule has 0 aromatic rings. The molecule has 0 amide bonds. The maximum atomic E-state index is 12.2. The van der Waals surface area contributed by atoms with Crippen molar-refractivity contribution in [1.82, 2.24) is 9.80 Å². The van der Waals surface area contributed by atoms with Crippen molar-refractivity contribution in [3.63, 3.8) is 0 Å². The first-order valence-electron chi connectivity index (χ1n) is 6.95. The van der Waals surface area contributed by atoms with E-state index in [1.54, 1.807) is 0 Å². The molecule has 0 atom stereocenters. The third-order valence-corrected chi connectivity index (χ3v) is 4.59. The summed E-state index contributed by atoms with van der Waals surface area (Å²) in [6, 6.07) is 0. The van der Waals surface area contributed by atoms with Gasteiger partial charge in [0.1, 0.15) is 5.78 Å². The number of hydrogen-bond acceptors (Lipinski definition) is 3. The average Bonchev–Trinajstić information content (AvgIpc) is 2.76. The predicted molar refractivity (Wildman–Crippen MR) is 70.1 cm³/mol. The van der Waals surface area contributed by atoms with E-state index in [-0.39, 0.29) is 5.54 Å². The molecule has 2 aliphatic rings. The second kappa shape index (κ2) is 5.07. The molecule has 1 aliphatic carbocycles. The van der Waals surface area contributed by atoms with E-state index in [1.807, 2.05) is 0 Å².